The Morgan fingerprint density at radius 1 is 1.04 bits per heavy atom. The first-order valence-corrected chi connectivity index (χ1v) is 10.4. The van der Waals surface area contributed by atoms with Crippen molar-refractivity contribution in [2.24, 2.45) is 0 Å². The minimum absolute atomic E-state index is 0.0561. The van der Waals surface area contributed by atoms with Crippen LogP contribution < -0.4 is 5.32 Å². The number of rotatable bonds is 7. The van der Waals surface area contributed by atoms with E-state index < -0.39 is 0 Å². The Balaban J connectivity index is 1.69. The van der Waals surface area contributed by atoms with Crippen molar-refractivity contribution in [1.29, 1.82) is 0 Å². The summed E-state index contributed by atoms with van der Waals surface area (Å²) in [5.74, 6) is -0.0561. The van der Waals surface area contributed by atoms with Gasteiger partial charge in [-0.05, 0) is 45.0 Å². The number of nitrogens with zero attached hydrogens (tertiary/aromatic N) is 3. The number of anilines is 1. The van der Waals surface area contributed by atoms with Crippen molar-refractivity contribution < 1.29 is 4.79 Å². The summed E-state index contributed by atoms with van der Waals surface area (Å²) < 4.78 is 1.97. The van der Waals surface area contributed by atoms with Crippen LogP contribution in [-0.2, 0) is 4.79 Å². The van der Waals surface area contributed by atoms with Crippen LogP contribution in [0.2, 0.25) is 0 Å². The normalized spacial score (nSPS) is 12.1. The fraction of sp³-hybridized carbons (Fsp3) is 0.250. The van der Waals surface area contributed by atoms with E-state index in [-0.39, 0.29) is 17.2 Å². The second kappa shape index (κ2) is 9.10. The number of thioether (sulfide) groups is 1. The van der Waals surface area contributed by atoms with Gasteiger partial charge in [0.15, 0.2) is 5.16 Å². The Kier molecular flexibility index (Phi) is 6.58. The molecule has 1 N–H and O–H groups in total. The molecule has 2 aromatic carbocycles. The molecule has 0 aliphatic heterocycles. The molecule has 27 heavy (non-hydrogen) atoms. The minimum Gasteiger partial charge on any atom is -0.324 e. The zero-order chi connectivity index (χ0) is 19.2. The van der Waals surface area contributed by atoms with Crippen LogP contribution in [0.25, 0.3) is 0 Å². The molecule has 1 heterocycles. The smallest absolute Gasteiger partial charge is 0.237 e. The first-order valence-electron chi connectivity index (χ1n) is 8.73. The molecule has 0 spiro atoms. The van der Waals surface area contributed by atoms with E-state index in [9.17, 15) is 4.79 Å². The molecule has 1 amide bonds. The van der Waals surface area contributed by atoms with E-state index in [1.54, 1.807) is 18.1 Å². The zero-order valence-corrected chi connectivity index (χ0v) is 17.1. The number of hydrogen-bond acceptors (Lipinski definition) is 5. The lowest BCUT2D eigenvalue weighted by atomic mass is 10.3. The van der Waals surface area contributed by atoms with E-state index in [0.29, 0.717) is 0 Å². The first-order chi connectivity index (χ1) is 13.0. The van der Waals surface area contributed by atoms with Crippen LogP contribution in [0.5, 0.6) is 0 Å². The predicted octanol–water partition coefficient (Wildman–Crippen LogP) is 5.13. The second-order valence-electron chi connectivity index (χ2n) is 6.28. The molecule has 0 saturated heterocycles. The molecule has 0 fully saturated rings. The van der Waals surface area contributed by atoms with E-state index in [1.165, 1.54) is 11.8 Å². The molecule has 140 valence electrons. The number of carbonyl (C=O) groups excluding carboxylic acids is 1. The molecule has 0 bridgehead atoms. The van der Waals surface area contributed by atoms with Crippen molar-refractivity contribution in [3.8, 4) is 0 Å². The summed E-state index contributed by atoms with van der Waals surface area (Å²) in [4.78, 5) is 14.9. The lowest BCUT2D eigenvalue weighted by molar-refractivity contribution is -0.115. The molecule has 0 saturated carbocycles. The number of para-hydroxylation sites is 1. The van der Waals surface area contributed by atoms with E-state index in [2.05, 4.69) is 41.5 Å². The van der Waals surface area contributed by atoms with Crippen molar-refractivity contribution in [3.63, 3.8) is 0 Å². The molecule has 5 nitrogen and oxygen atoms in total. The van der Waals surface area contributed by atoms with Gasteiger partial charge in [-0.25, -0.2) is 0 Å². The molecular weight excluding hydrogens is 376 g/mol. The first kappa shape index (κ1) is 19.5. The highest BCUT2D eigenvalue weighted by Crippen LogP contribution is 2.33. The average Bonchev–Trinajstić information content (AvgIpc) is 3.12. The van der Waals surface area contributed by atoms with Gasteiger partial charge in [0.25, 0.3) is 0 Å². The maximum atomic E-state index is 12.7. The van der Waals surface area contributed by atoms with Gasteiger partial charge in [0.05, 0.1) is 10.9 Å². The number of nitrogens with one attached hydrogen (secondary N) is 1. The highest BCUT2D eigenvalue weighted by molar-refractivity contribution is 8.00. The van der Waals surface area contributed by atoms with Crippen LogP contribution in [0.4, 0.5) is 5.69 Å². The van der Waals surface area contributed by atoms with Crippen LogP contribution in [0.1, 0.15) is 26.8 Å². The summed E-state index contributed by atoms with van der Waals surface area (Å²) >= 11 is 3.04. The Morgan fingerprint density at radius 3 is 2.48 bits per heavy atom. The van der Waals surface area contributed by atoms with Crippen molar-refractivity contribution in [1.82, 2.24) is 14.8 Å². The Bertz CT molecular complexity index is 896. The van der Waals surface area contributed by atoms with Crippen LogP contribution in [-0.4, -0.2) is 25.9 Å². The van der Waals surface area contributed by atoms with Crippen LogP contribution in [0.3, 0.4) is 0 Å². The second-order valence-corrected chi connectivity index (χ2v) is 8.70. The fourth-order valence-electron chi connectivity index (χ4n) is 2.39. The zero-order valence-electron chi connectivity index (χ0n) is 15.5. The molecule has 0 unspecified atom stereocenters. The van der Waals surface area contributed by atoms with Gasteiger partial charge in [0.1, 0.15) is 6.33 Å². The van der Waals surface area contributed by atoms with Crippen molar-refractivity contribution in [2.75, 3.05) is 5.32 Å². The Labute approximate surface area is 168 Å². The van der Waals surface area contributed by atoms with Gasteiger partial charge in [0, 0.05) is 15.8 Å². The van der Waals surface area contributed by atoms with E-state index in [4.69, 9.17) is 0 Å². The van der Waals surface area contributed by atoms with Crippen LogP contribution in [0, 0.1) is 0 Å². The average molecular weight is 399 g/mol. The summed E-state index contributed by atoms with van der Waals surface area (Å²) in [6.07, 6.45) is 1.70. The monoisotopic (exact) mass is 398 g/mol. The molecule has 1 atom stereocenters. The van der Waals surface area contributed by atoms with Gasteiger partial charge in [-0.3, -0.25) is 4.79 Å². The Morgan fingerprint density at radius 2 is 1.74 bits per heavy atom. The molecule has 1 aromatic heterocycles. The lowest BCUT2D eigenvalue weighted by Gasteiger charge is -2.15. The molecule has 0 aliphatic rings. The van der Waals surface area contributed by atoms with Gasteiger partial charge in [-0.1, -0.05) is 53.9 Å². The van der Waals surface area contributed by atoms with Gasteiger partial charge in [-0.15, -0.1) is 10.2 Å². The third-order valence-corrected chi connectivity index (χ3v) is 6.02. The Hall–Kier alpha value is -2.25. The number of benzene rings is 2. The minimum atomic E-state index is -0.290. The van der Waals surface area contributed by atoms with Gasteiger partial charge < -0.3 is 9.88 Å². The molecule has 7 heteroatoms. The van der Waals surface area contributed by atoms with Crippen LogP contribution >= 0.6 is 23.5 Å². The summed E-state index contributed by atoms with van der Waals surface area (Å²) in [7, 11) is 0. The summed E-state index contributed by atoms with van der Waals surface area (Å²) in [5, 5.41) is 11.6. The van der Waals surface area contributed by atoms with Gasteiger partial charge in [0.2, 0.25) is 5.91 Å². The van der Waals surface area contributed by atoms with Crippen LogP contribution in [0.15, 0.2) is 75.9 Å². The molecular formula is C20H22N4OS2. The van der Waals surface area contributed by atoms with E-state index in [0.717, 1.165) is 20.6 Å². The number of amides is 1. The number of hydrogen-bond donors (Lipinski definition) is 1. The topological polar surface area (TPSA) is 59.8 Å². The van der Waals surface area contributed by atoms with Gasteiger partial charge >= 0.3 is 0 Å². The third kappa shape index (κ3) is 5.14. The van der Waals surface area contributed by atoms with Crippen molar-refractivity contribution in [2.45, 2.75) is 47.0 Å². The SMILES string of the molecule is CC(C)n1cnnc1S[C@@H](C)C(=O)Nc1ccccc1Sc1ccccc1. The van der Waals surface area contributed by atoms with E-state index in [1.807, 2.05) is 54.0 Å². The highest BCUT2D eigenvalue weighted by Gasteiger charge is 2.19. The largest absolute Gasteiger partial charge is 0.324 e. The molecule has 3 aromatic rings. The maximum absolute atomic E-state index is 12.7. The molecule has 0 radical (unpaired) electrons. The standard InChI is InChI=1S/C20H22N4OS2/c1-14(2)24-13-21-23-20(24)26-15(3)19(25)22-17-11-7-8-12-18(17)27-16-9-5-4-6-10-16/h4-15H,1-3H3,(H,22,25)/t15-/m0/s1. The van der Waals surface area contributed by atoms with E-state index >= 15 is 0 Å². The molecule has 0 aliphatic carbocycles. The fourth-order valence-corrected chi connectivity index (χ4v) is 4.27. The quantitative estimate of drug-likeness (QED) is 0.559. The predicted molar refractivity (Wildman–Crippen MR) is 111 cm³/mol. The summed E-state index contributed by atoms with van der Waals surface area (Å²) in [6, 6.07) is 18.2. The van der Waals surface area contributed by atoms with Crippen molar-refractivity contribution >= 4 is 35.1 Å². The van der Waals surface area contributed by atoms with Crippen molar-refractivity contribution in [3.05, 3.63) is 60.9 Å². The third-order valence-electron chi connectivity index (χ3n) is 3.86. The highest BCUT2D eigenvalue weighted by atomic mass is 32.2. The maximum Gasteiger partial charge on any atom is 0.237 e. The number of aromatic nitrogens is 3. The summed E-state index contributed by atoms with van der Waals surface area (Å²) in [5.41, 5.74) is 0.814. The summed E-state index contributed by atoms with van der Waals surface area (Å²) in [6.45, 7) is 6.01. The number of carbonyl (C=O) groups is 1. The lowest BCUT2D eigenvalue weighted by Crippen LogP contribution is -2.23. The molecule has 3 rings (SSSR count). The van der Waals surface area contributed by atoms with Gasteiger partial charge in [-0.2, -0.15) is 0 Å².